The zero-order valence-corrected chi connectivity index (χ0v) is 13.0. The van der Waals surface area contributed by atoms with E-state index < -0.39 is 0 Å². The Morgan fingerprint density at radius 1 is 1.18 bits per heavy atom. The van der Waals surface area contributed by atoms with Crippen molar-refractivity contribution >= 4 is 21.6 Å². The van der Waals surface area contributed by atoms with Crippen molar-refractivity contribution in [2.24, 2.45) is 0 Å². The van der Waals surface area contributed by atoms with Crippen LogP contribution in [-0.2, 0) is 0 Å². The molecule has 1 unspecified atom stereocenters. The van der Waals surface area contributed by atoms with Gasteiger partial charge in [0, 0.05) is 16.2 Å². The first-order valence-electron chi connectivity index (χ1n) is 6.61. The second-order valence-electron chi connectivity index (χ2n) is 4.82. The van der Waals surface area contributed by atoms with E-state index in [0.717, 1.165) is 0 Å². The Balaban J connectivity index is 2.72. The Labute approximate surface area is 114 Å². The van der Waals surface area contributed by atoms with Crippen LogP contribution in [0.15, 0.2) is 16.6 Å². The molecular formula is C15H24BrN. The second-order valence-corrected chi connectivity index (χ2v) is 5.61. The lowest BCUT2D eigenvalue weighted by Crippen LogP contribution is -2.18. The topological polar surface area (TPSA) is 12.0 Å². The van der Waals surface area contributed by atoms with Crippen molar-refractivity contribution < 1.29 is 0 Å². The molecule has 1 aromatic carbocycles. The van der Waals surface area contributed by atoms with Gasteiger partial charge < -0.3 is 5.32 Å². The van der Waals surface area contributed by atoms with E-state index in [-0.39, 0.29) is 0 Å². The predicted molar refractivity (Wildman–Crippen MR) is 80.8 cm³/mol. The van der Waals surface area contributed by atoms with Crippen LogP contribution in [0.2, 0.25) is 0 Å². The van der Waals surface area contributed by atoms with Crippen molar-refractivity contribution in [2.75, 3.05) is 5.32 Å². The number of unbranched alkanes of at least 4 members (excludes halogenated alkanes) is 1. The van der Waals surface area contributed by atoms with Gasteiger partial charge in [0.2, 0.25) is 0 Å². The Morgan fingerprint density at radius 2 is 1.76 bits per heavy atom. The molecule has 0 aliphatic carbocycles. The zero-order chi connectivity index (χ0) is 12.8. The first kappa shape index (κ1) is 14.6. The fraction of sp³-hybridized carbons (Fsp3) is 0.600. The molecule has 1 aromatic rings. The van der Waals surface area contributed by atoms with Gasteiger partial charge in [-0.05, 0) is 49.9 Å². The van der Waals surface area contributed by atoms with Crippen LogP contribution in [0.3, 0.4) is 0 Å². The Bertz CT molecular complexity index is 337. The van der Waals surface area contributed by atoms with E-state index in [0.29, 0.717) is 6.04 Å². The average Bonchev–Trinajstić information content (AvgIpc) is 2.31. The summed E-state index contributed by atoms with van der Waals surface area (Å²) in [4.78, 5) is 0. The number of benzene rings is 1. The summed E-state index contributed by atoms with van der Waals surface area (Å²) in [7, 11) is 0. The molecule has 0 spiro atoms. The maximum absolute atomic E-state index is 3.65. The lowest BCUT2D eigenvalue weighted by molar-refractivity contribution is 0.593. The molecule has 96 valence electrons. The summed E-state index contributed by atoms with van der Waals surface area (Å²) >= 11 is 3.61. The highest BCUT2D eigenvalue weighted by molar-refractivity contribution is 9.10. The van der Waals surface area contributed by atoms with Crippen LogP contribution in [0.1, 0.15) is 50.7 Å². The van der Waals surface area contributed by atoms with Crippen molar-refractivity contribution in [3.05, 3.63) is 27.7 Å². The van der Waals surface area contributed by atoms with Gasteiger partial charge in [-0.15, -0.1) is 0 Å². The van der Waals surface area contributed by atoms with E-state index in [1.165, 1.54) is 47.0 Å². The van der Waals surface area contributed by atoms with Crippen LogP contribution < -0.4 is 5.32 Å². The van der Waals surface area contributed by atoms with Crippen molar-refractivity contribution in [1.29, 1.82) is 0 Å². The van der Waals surface area contributed by atoms with E-state index in [1.807, 2.05) is 0 Å². The van der Waals surface area contributed by atoms with Crippen molar-refractivity contribution in [2.45, 2.75) is 59.4 Å². The van der Waals surface area contributed by atoms with Gasteiger partial charge in [-0.2, -0.15) is 0 Å². The van der Waals surface area contributed by atoms with Gasteiger partial charge in [0.05, 0.1) is 0 Å². The summed E-state index contributed by atoms with van der Waals surface area (Å²) in [6, 6.07) is 5.06. The minimum Gasteiger partial charge on any atom is -0.382 e. The monoisotopic (exact) mass is 297 g/mol. The standard InChI is InChI=1S/C15H24BrN/c1-5-7-8-13(6-2)17-14-9-11(3)15(16)12(4)10-14/h9-10,13,17H,5-8H2,1-4H3. The molecule has 0 fully saturated rings. The summed E-state index contributed by atoms with van der Waals surface area (Å²) in [5.74, 6) is 0. The first-order valence-corrected chi connectivity index (χ1v) is 7.41. The summed E-state index contributed by atoms with van der Waals surface area (Å²) in [6.07, 6.45) is 5.03. The number of aryl methyl sites for hydroxylation is 2. The normalized spacial score (nSPS) is 12.5. The van der Waals surface area contributed by atoms with E-state index in [2.05, 4.69) is 61.1 Å². The molecule has 0 aromatic heterocycles. The van der Waals surface area contributed by atoms with Crippen LogP contribution in [0.5, 0.6) is 0 Å². The molecule has 0 radical (unpaired) electrons. The van der Waals surface area contributed by atoms with Gasteiger partial charge in [0.15, 0.2) is 0 Å². The number of anilines is 1. The molecule has 1 atom stereocenters. The predicted octanol–water partition coefficient (Wildman–Crippen LogP) is 5.45. The van der Waals surface area contributed by atoms with Gasteiger partial charge in [0.25, 0.3) is 0 Å². The average molecular weight is 298 g/mol. The summed E-state index contributed by atoms with van der Waals surface area (Å²) in [5, 5.41) is 3.65. The van der Waals surface area contributed by atoms with Gasteiger partial charge >= 0.3 is 0 Å². The molecule has 1 rings (SSSR count). The lowest BCUT2D eigenvalue weighted by atomic mass is 10.1. The Morgan fingerprint density at radius 3 is 2.24 bits per heavy atom. The fourth-order valence-electron chi connectivity index (χ4n) is 2.09. The quantitative estimate of drug-likeness (QED) is 0.736. The molecule has 0 saturated heterocycles. The smallest absolute Gasteiger partial charge is 0.0348 e. The Kier molecular flexibility index (Phi) is 6.04. The number of rotatable bonds is 6. The van der Waals surface area contributed by atoms with Crippen LogP contribution in [0, 0.1) is 13.8 Å². The molecule has 0 saturated carbocycles. The lowest BCUT2D eigenvalue weighted by Gasteiger charge is -2.19. The van der Waals surface area contributed by atoms with Crippen molar-refractivity contribution in [1.82, 2.24) is 0 Å². The first-order chi connectivity index (χ1) is 8.08. The summed E-state index contributed by atoms with van der Waals surface area (Å²) in [6.45, 7) is 8.80. The third kappa shape index (κ3) is 4.34. The van der Waals surface area contributed by atoms with Crippen LogP contribution >= 0.6 is 15.9 Å². The minimum absolute atomic E-state index is 0.606. The molecule has 0 bridgehead atoms. The zero-order valence-electron chi connectivity index (χ0n) is 11.4. The molecule has 0 amide bonds. The number of hydrogen-bond donors (Lipinski definition) is 1. The number of hydrogen-bond acceptors (Lipinski definition) is 1. The molecule has 17 heavy (non-hydrogen) atoms. The summed E-state index contributed by atoms with van der Waals surface area (Å²) < 4.78 is 1.23. The van der Waals surface area contributed by atoms with Gasteiger partial charge in [-0.3, -0.25) is 0 Å². The molecule has 0 aliphatic rings. The molecule has 0 aliphatic heterocycles. The molecule has 1 N–H and O–H groups in total. The van der Waals surface area contributed by atoms with Gasteiger partial charge in [-0.1, -0.05) is 42.6 Å². The highest BCUT2D eigenvalue weighted by Crippen LogP contribution is 2.26. The number of halogens is 1. The van der Waals surface area contributed by atoms with E-state index in [4.69, 9.17) is 0 Å². The van der Waals surface area contributed by atoms with Crippen LogP contribution in [0.4, 0.5) is 5.69 Å². The van der Waals surface area contributed by atoms with E-state index in [9.17, 15) is 0 Å². The number of nitrogens with one attached hydrogen (secondary N) is 1. The van der Waals surface area contributed by atoms with Crippen molar-refractivity contribution in [3.63, 3.8) is 0 Å². The fourth-order valence-corrected chi connectivity index (χ4v) is 2.32. The van der Waals surface area contributed by atoms with E-state index in [1.54, 1.807) is 0 Å². The van der Waals surface area contributed by atoms with Crippen LogP contribution in [0.25, 0.3) is 0 Å². The second kappa shape index (κ2) is 7.05. The third-order valence-corrected chi connectivity index (χ3v) is 4.46. The molecule has 0 heterocycles. The maximum Gasteiger partial charge on any atom is 0.0348 e. The maximum atomic E-state index is 3.65. The highest BCUT2D eigenvalue weighted by atomic mass is 79.9. The van der Waals surface area contributed by atoms with Crippen molar-refractivity contribution in [3.8, 4) is 0 Å². The SMILES string of the molecule is CCCCC(CC)Nc1cc(C)c(Br)c(C)c1. The highest BCUT2D eigenvalue weighted by Gasteiger charge is 2.07. The molecule has 2 heteroatoms. The Hall–Kier alpha value is -0.500. The third-order valence-electron chi connectivity index (χ3n) is 3.21. The van der Waals surface area contributed by atoms with Gasteiger partial charge in [-0.25, -0.2) is 0 Å². The molecule has 1 nitrogen and oxygen atoms in total. The summed E-state index contributed by atoms with van der Waals surface area (Å²) in [5.41, 5.74) is 3.86. The van der Waals surface area contributed by atoms with Crippen LogP contribution in [-0.4, -0.2) is 6.04 Å². The minimum atomic E-state index is 0.606. The largest absolute Gasteiger partial charge is 0.382 e. The van der Waals surface area contributed by atoms with E-state index >= 15 is 0 Å². The van der Waals surface area contributed by atoms with Gasteiger partial charge in [0.1, 0.15) is 0 Å². The molecular weight excluding hydrogens is 274 g/mol.